The van der Waals surface area contributed by atoms with Gasteiger partial charge in [0.05, 0.1) is 0 Å². The van der Waals surface area contributed by atoms with Crippen LogP contribution in [0, 0.1) is 5.92 Å². The van der Waals surface area contributed by atoms with Crippen LogP contribution in [-0.2, 0) is 0 Å². The lowest BCUT2D eigenvalue weighted by molar-refractivity contribution is 0.0680. The molecule has 0 unspecified atom stereocenters. The van der Waals surface area contributed by atoms with Gasteiger partial charge in [0, 0.05) is 42.3 Å². The molecule has 0 aliphatic carbocycles. The molecule has 0 saturated carbocycles. The van der Waals surface area contributed by atoms with Crippen LogP contribution in [0.3, 0.4) is 0 Å². The minimum Gasteiger partial charge on any atom is -0.361 e. The Bertz CT molecular complexity index is 624. The fourth-order valence-corrected chi connectivity index (χ4v) is 3.28. The van der Waals surface area contributed by atoms with Crippen LogP contribution in [-0.4, -0.2) is 54.4 Å². The molecule has 1 aromatic heterocycles. The zero-order valence-electron chi connectivity index (χ0n) is 12.8. The highest BCUT2D eigenvalue weighted by molar-refractivity contribution is 6.06. The Morgan fingerprint density at radius 1 is 1.29 bits per heavy atom. The van der Waals surface area contributed by atoms with Crippen LogP contribution in [0.1, 0.15) is 23.2 Å². The normalized spacial score (nSPS) is 16.8. The average Bonchev–Trinajstić information content (AvgIpc) is 2.95. The smallest absolute Gasteiger partial charge is 0.254 e. The van der Waals surface area contributed by atoms with E-state index in [9.17, 15) is 4.79 Å². The van der Waals surface area contributed by atoms with Crippen molar-refractivity contribution in [3.63, 3.8) is 0 Å². The Hall–Kier alpha value is -1.81. The van der Waals surface area contributed by atoms with Crippen LogP contribution in [0.5, 0.6) is 0 Å². The number of hydrogen-bond acceptors (Lipinski definition) is 2. The molecule has 2 heterocycles. The van der Waals surface area contributed by atoms with Gasteiger partial charge in [0.15, 0.2) is 0 Å². The van der Waals surface area contributed by atoms with Crippen molar-refractivity contribution in [2.75, 3.05) is 33.7 Å². The minimum atomic E-state index is 0.170. The lowest BCUT2D eigenvalue weighted by Crippen LogP contribution is -2.40. The van der Waals surface area contributed by atoms with Gasteiger partial charge in [0.2, 0.25) is 0 Å². The van der Waals surface area contributed by atoms with Gasteiger partial charge in [-0.3, -0.25) is 4.79 Å². The number of nitrogens with one attached hydrogen (secondary N) is 1. The van der Waals surface area contributed by atoms with E-state index in [1.165, 1.54) is 0 Å². The molecule has 0 radical (unpaired) electrons. The summed E-state index contributed by atoms with van der Waals surface area (Å²) >= 11 is 0. The zero-order chi connectivity index (χ0) is 14.8. The second-order valence-electron chi connectivity index (χ2n) is 6.24. The molecule has 112 valence electrons. The topological polar surface area (TPSA) is 39.3 Å². The van der Waals surface area contributed by atoms with Crippen molar-refractivity contribution in [2.45, 2.75) is 12.8 Å². The number of aromatic amines is 1. The molecule has 1 aliphatic rings. The molecule has 0 bridgehead atoms. The van der Waals surface area contributed by atoms with E-state index in [4.69, 9.17) is 0 Å². The van der Waals surface area contributed by atoms with Gasteiger partial charge in [-0.05, 0) is 51.1 Å². The first-order chi connectivity index (χ1) is 10.1. The van der Waals surface area contributed by atoms with Crippen LogP contribution in [0.15, 0.2) is 30.5 Å². The van der Waals surface area contributed by atoms with Crippen molar-refractivity contribution in [3.8, 4) is 0 Å². The van der Waals surface area contributed by atoms with Crippen molar-refractivity contribution in [1.82, 2.24) is 14.8 Å². The van der Waals surface area contributed by atoms with Gasteiger partial charge >= 0.3 is 0 Å². The van der Waals surface area contributed by atoms with Gasteiger partial charge in [-0.25, -0.2) is 0 Å². The molecular weight excluding hydrogens is 262 g/mol. The molecule has 1 N–H and O–H groups in total. The molecule has 0 atom stereocenters. The van der Waals surface area contributed by atoms with Crippen LogP contribution < -0.4 is 0 Å². The summed E-state index contributed by atoms with van der Waals surface area (Å²) in [7, 11) is 4.23. The van der Waals surface area contributed by atoms with E-state index in [0.717, 1.165) is 48.9 Å². The summed E-state index contributed by atoms with van der Waals surface area (Å²) in [5.74, 6) is 0.885. The highest BCUT2D eigenvalue weighted by Gasteiger charge is 2.24. The Morgan fingerprint density at radius 3 is 2.76 bits per heavy atom. The summed E-state index contributed by atoms with van der Waals surface area (Å²) in [6.07, 6.45) is 4.10. The number of nitrogens with zero attached hydrogens (tertiary/aromatic N) is 2. The van der Waals surface area contributed by atoms with Crippen molar-refractivity contribution in [2.24, 2.45) is 5.92 Å². The average molecular weight is 285 g/mol. The van der Waals surface area contributed by atoms with Gasteiger partial charge in [-0.2, -0.15) is 0 Å². The number of fused-ring (bicyclic) bond motifs is 1. The van der Waals surface area contributed by atoms with Crippen LogP contribution in [0.2, 0.25) is 0 Å². The lowest BCUT2D eigenvalue weighted by atomic mass is 9.95. The van der Waals surface area contributed by atoms with Crippen LogP contribution >= 0.6 is 0 Å². The molecule has 1 saturated heterocycles. The van der Waals surface area contributed by atoms with Gasteiger partial charge < -0.3 is 14.8 Å². The number of hydrogen-bond donors (Lipinski definition) is 1. The third-order valence-electron chi connectivity index (χ3n) is 4.35. The molecule has 2 aromatic rings. The number of piperidine rings is 1. The molecule has 21 heavy (non-hydrogen) atoms. The Kier molecular flexibility index (Phi) is 3.97. The predicted octanol–water partition coefficient (Wildman–Crippen LogP) is 2.58. The number of carbonyl (C=O) groups excluding carboxylic acids is 1. The van der Waals surface area contributed by atoms with E-state index < -0.39 is 0 Å². The van der Waals surface area contributed by atoms with E-state index in [0.29, 0.717) is 5.92 Å². The van der Waals surface area contributed by atoms with E-state index in [-0.39, 0.29) is 5.91 Å². The molecule has 4 heteroatoms. The number of carbonyl (C=O) groups is 1. The highest BCUT2D eigenvalue weighted by Crippen LogP contribution is 2.23. The molecule has 1 aromatic carbocycles. The van der Waals surface area contributed by atoms with Gasteiger partial charge in [0.25, 0.3) is 5.91 Å². The van der Waals surface area contributed by atoms with Gasteiger partial charge in [-0.15, -0.1) is 0 Å². The van der Waals surface area contributed by atoms with Crippen molar-refractivity contribution < 1.29 is 4.79 Å². The second-order valence-corrected chi connectivity index (χ2v) is 6.24. The maximum absolute atomic E-state index is 12.7. The molecule has 1 amide bonds. The minimum absolute atomic E-state index is 0.170. The fourth-order valence-electron chi connectivity index (χ4n) is 3.28. The fraction of sp³-hybridized carbons (Fsp3) is 0.471. The predicted molar refractivity (Wildman–Crippen MR) is 85.5 cm³/mol. The van der Waals surface area contributed by atoms with Crippen LogP contribution in [0.25, 0.3) is 10.9 Å². The Morgan fingerprint density at radius 2 is 2.05 bits per heavy atom. The van der Waals surface area contributed by atoms with Crippen LogP contribution in [0.4, 0.5) is 0 Å². The number of likely N-dealkylation sites (tertiary alicyclic amines) is 1. The number of rotatable bonds is 3. The Labute approximate surface area is 125 Å². The molecule has 1 aliphatic heterocycles. The molecule has 0 spiro atoms. The zero-order valence-corrected chi connectivity index (χ0v) is 12.8. The van der Waals surface area contributed by atoms with E-state index in [2.05, 4.69) is 24.0 Å². The maximum atomic E-state index is 12.7. The summed E-state index contributed by atoms with van der Waals surface area (Å²) in [4.78, 5) is 20.2. The lowest BCUT2D eigenvalue weighted by Gasteiger charge is -2.33. The monoisotopic (exact) mass is 285 g/mol. The first-order valence-electron chi connectivity index (χ1n) is 7.65. The van der Waals surface area contributed by atoms with Gasteiger partial charge in [0.1, 0.15) is 0 Å². The first kappa shape index (κ1) is 14.1. The Balaban J connectivity index is 1.71. The summed E-state index contributed by atoms with van der Waals surface area (Å²) in [5.41, 5.74) is 1.85. The van der Waals surface area contributed by atoms with E-state index >= 15 is 0 Å². The first-order valence-corrected chi connectivity index (χ1v) is 7.65. The summed E-state index contributed by atoms with van der Waals surface area (Å²) < 4.78 is 0. The largest absolute Gasteiger partial charge is 0.361 e. The SMILES string of the molecule is CN(C)CC1CCN(C(=O)c2cccc3[nH]ccc23)CC1. The third kappa shape index (κ3) is 2.95. The van der Waals surface area contributed by atoms with Gasteiger partial charge in [-0.1, -0.05) is 6.07 Å². The molecule has 4 nitrogen and oxygen atoms in total. The molecule has 1 fully saturated rings. The van der Waals surface area contributed by atoms with Crippen molar-refractivity contribution in [3.05, 3.63) is 36.0 Å². The van der Waals surface area contributed by atoms with E-state index in [1.54, 1.807) is 0 Å². The second kappa shape index (κ2) is 5.90. The molecule has 3 rings (SSSR count). The number of amides is 1. The highest BCUT2D eigenvalue weighted by atomic mass is 16.2. The quantitative estimate of drug-likeness (QED) is 0.941. The number of H-pyrrole nitrogens is 1. The standard InChI is InChI=1S/C17H23N3O/c1-19(2)12-13-7-10-20(11-8-13)17(21)15-4-3-5-16-14(15)6-9-18-16/h3-6,9,13,18H,7-8,10-12H2,1-2H3. The number of aromatic nitrogens is 1. The maximum Gasteiger partial charge on any atom is 0.254 e. The van der Waals surface area contributed by atoms with Crippen molar-refractivity contribution in [1.29, 1.82) is 0 Å². The summed E-state index contributed by atoms with van der Waals surface area (Å²) in [6, 6.07) is 7.88. The van der Waals surface area contributed by atoms with E-state index in [1.807, 2.05) is 35.4 Å². The number of benzene rings is 1. The summed E-state index contributed by atoms with van der Waals surface area (Å²) in [6.45, 7) is 2.87. The third-order valence-corrected chi connectivity index (χ3v) is 4.35. The molecular formula is C17H23N3O. The van der Waals surface area contributed by atoms with Crippen molar-refractivity contribution >= 4 is 16.8 Å². The summed E-state index contributed by atoms with van der Waals surface area (Å²) in [5, 5.41) is 1.03.